The van der Waals surface area contributed by atoms with Crippen LogP contribution in [0.25, 0.3) is 5.95 Å². The molecule has 0 saturated heterocycles. The molecule has 0 aromatic carbocycles. The number of aromatic nitrogens is 6. The summed E-state index contributed by atoms with van der Waals surface area (Å²) in [4.78, 5) is 17.1. The van der Waals surface area contributed by atoms with E-state index in [0.717, 1.165) is 18.9 Å². The molecule has 1 fully saturated rings. The second kappa shape index (κ2) is 6.02. The highest BCUT2D eigenvalue weighted by Gasteiger charge is 2.35. The summed E-state index contributed by atoms with van der Waals surface area (Å²) in [5.41, 5.74) is 0. The van der Waals surface area contributed by atoms with E-state index in [2.05, 4.69) is 49.5 Å². The van der Waals surface area contributed by atoms with Gasteiger partial charge in [-0.25, -0.2) is 4.98 Å². The highest BCUT2D eigenvalue weighted by Crippen LogP contribution is 2.35. The Morgan fingerprint density at radius 2 is 2.10 bits per heavy atom. The molecule has 2 atom stereocenters. The molecule has 0 radical (unpaired) electrons. The summed E-state index contributed by atoms with van der Waals surface area (Å²) in [5.74, 6) is 2.35. The van der Waals surface area contributed by atoms with Crippen LogP contribution in [0.2, 0.25) is 0 Å². The number of hydrogen-bond donors (Lipinski definition) is 2. The zero-order chi connectivity index (χ0) is 14.7. The molecule has 21 heavy (non-hydrogen) atoms. The zero-order valence-corrected chi connectivity index (χ0v) is 12.3. The van der Waals surface area contributed by atoms with E-state index < -0.39 is 0 Å². The normalized spacial score (nSPS) is 20.3. The quantitative estimate of drug-likeness (QED) is 0.797. The van der Waals surface area contributed by atoms with Gasteiger partial charge in [0, 0.05) is 12.6 Å². The van der Waals surface area contributed by atoms with Crippen LogP contribution in [0.5, 0.6) is 0 Å². The predicted molar refractivity (Wildman–Crippen MR) is 79.3 cm³/mol. The number of nitrogens with one attached hydrogen (secondary N) is 2. The second-order valence-corrected chi connectivity index (χ2v) is 5.20. The minimum absolute atomic E-state index is 0.470. The first-order chi connectivity index (χ1) is 10.3. The van der Waals surface area contributed by atoms with Crippen molar-refractivity contribution in [2.24, 2.45) is 5.92 Å². The second-order valence-electron chi connectivity index (χ2n) is 5.20. The van der Waals surface area contributed by atoms with Gasteiger partial charge in [-0.2, -0.15) is 24.7 Å². The lowest BCUT2D eigenvalue weighted by Gasteiger charge is -2.09. The number of anilines is 2. The third-order valence-corrected chi connectivity index (χ3v) is 3.54. The van der Waals surface area contributed by atoms with Gasteiger partial charge in [0.2, 0.25) is 11.9 Å². The summed E-state index contributed by atoms with van der Waals surface area (Å²) in [5, 5.41) is 10.6. The molecule has 112 valence electrons. The van der Waals surface area contributed by atoms with Crippen molar-refractivity contribution < 1.29 is 0 Å². The molecule has 2 heterocycles. The monoisotopic (exact) mass is 288 g/mol. The van der Waals surface area contributed by atoms with Crippen LogP contribution in [0.15, 0.2) is 12.7 Å². The van der Waals surface area contributed by atoms with E-state index in [9.17, 15) is 0 Å². The van der Waals surface area contributed by atoms with Gasteiger partial charge in [0.15, 0.2) is 0 Å². The lowest BCUT2D eigenvalue weighted by Crippen LogP contribution is -2.15. The van der Waals surface area contributed by atoms with Crippen molar-refractivity contribution >= 4 is 11.9 Å². The Kier molecular flexibility index (Phi) is 3.94. The molecular formula is C13H20N8. The van der Waals surface area contributed by atoms with E-state index in [1.165, 1.54) is 23.9 Å². The van der Waals surface area contributed by atoms with Gasteiger partial charge in [-0.3, -0.25) is 0 Å². The Morgan fingerprint density at radius 1 is 1.24 bits per heavy atom. The van der Waals surface area contributed by atoms with Gasteiger partial charge < -0.3 is 10.6 Å². The maximum atomic E-state index is 4.42. The number of nitrogens with zero attached hydrogens (tertiary/aromatic N) is 6. The van der Waals surface area contributed by atoms with Crippen LogP contribution in [-0.2, 0) is 0 Å². The highest BCUT2D eigenvalue weighted by molar-refractivity contribution is 5.39. The Morgan fingerprint density at radius 3 is 2.76 bits per heavy atom. The molecule has 0 spiro atoms. The van der Waals surface area contributed by atoms with Crippen LogP contribution in [0, 0.1) is 5.92 Å². The minimum atomic E-state index is 0.470. The van der Waals surface area contributed by atoms with E-state index in [1.807, 2.05) is 0 Å². The summed E-state index contributed by atoms with van der Waals surface area (Å²) in [6.07, 6.45) is 6.41. The molecule has 8 nitrogen and oxygen atoms in total. The maximum absolute atomic E-state index is 4.42. The molecule has 0 bridgehead atoms. The van der Waals surface area contributed by atoms with Gasteiger partial charge in [-0.15, -0.1) is 0 Å². The fourth-order valence-electron chi connectivity index (χ4n) is 2.20. The van der Waals surface area contributed by atoms with Crippen molar-refractivity contribution in [2.45, 2.75) is 39.2 Å². The summed E-state index contributed by atoms with van der Waals surface area (Å²) in [6.45, 7) is 5.12. The molecule has 2 aromatic rings. The van der Waals surface area contributed by atoms with Crippen molar-refractivity contribution in [3.05, 3.63) is 12.7 Å². The SMILES string of the molecule is CCCNc1nc(NC2CC2CC)nc(-n2cncn2)n1. The van der Waals surface area contributed by atoms with Crippen molar-refractivity contribution in [1.82, 2.24) is 29.7 Å². The lowest BCUT2D eigenvalue weighted by atomic mass is 10.3. The van der Waals surface area contributed by atoms with Gasteiger partial charge >= 0.3 is 0 Å². The minimum Gasteiger partial charge on any atom is -0.354 e. The number of hydrogen-bond acceptors (Lipinski definition) is 7. The largest absolute Gasteiger partial charge is 0.354 e. The Bertz CT molecular complexity index is 582. The van der Waals surface area contributed by atoms with Crippen LogP contribution < -0.4 is 10.6 Å². The fourth-order valence-corrected chi connectivity index (χ4v) is 2.20. The van der Waals surface area contributed by atoms with Gasteiger partial charge in [0.1, 0.15) is 12.7 Å². The molecule has 8 heteroatoms. The first-order valence-electron chi connectivity index (χ1n) is 7.41. The van der Waals surface area contributed by atoms with Crippen LogP contribution >= 0.6 is 0 Å². The van der Waals surface area contributed by atoms with Crippen molar-refractivity contribution in [2.75, 3.05) is 17.2 Å². The molecule has 1 aliphatic carbocycles. The van der Waals surface area contributed by atoms with E-state index >= 15 is 0 Å². The predicted octanol–water partition coefficient (Wildman–Crippen LogP) is 1.48. The van der Waals surface area contributed by atoms with Crippen molar-refractivity contribution in [3.63, 3.8) is 0 Å². The summed E-state index contributed by atoms with van der Waals surface area (Å²) in [6, 6.07) is 0.472. The standard InChI is InChI=1S/C13H20N8/c1-3-5-15-11-18-12(17-10-6-9(10)4-2)20-13(19-11)21-8-14-7-16-21/h7-10H,3-6H2,1-2H3,(H2,15,17,18,19,20). The average Bonchev–Trinajstić information content (AvgIpc) is 3.02. The van der Waals surface area contributed by atoms with E-state index in [-0.39, 0.29) is 0 Å². The van der Waals surface area contributed by atoms with Crippen molar-refractivity contribution in [3.8, 4) is 5.95 Å². The highest BCUT2D eigenvalue weighted by atomic mass is 15.4. The van der Waals surface area contributed by atoms with Gasteiger partial charge in [0.05, 0.1) is 0 Å². The van der Waals surface area contributed by atoms with Crippen molar-refractivity contribution in [1.29, 1.82) is 0 Å². The van der Waals surface area contributed by atoms with Crippen LogP contribution in [0.3, 0.4) is 0 Å². The van der Waals surface area contributed by atoms with Gasteiger partial charge in [0.25, 0.3) is 5.95 Å². The van der Waals surface area contributed by atoms with Crippen LogP contribution in [0.1, 0.15) is 33.1 Å². The average molecular weight is 288 g/mol. The molecule has 2 N–H and O–H groups in total. The number of rotatable bonds is 7. The Hall–Kier alpha value is -2.25. The molecule has 2 unspecified atom stereocenters. The van der Waals surface area contributed by atoms with E-state index in [4.69, 9.17) is 0 Å². The van der Waals surface area contributed by atoms with Crippen LogP contribution in [0.4, 0.5) is 11.9 Å². The fraction of sp³-hybridized carbons (Fsp3) is 0.615. The Labute approximate surface area is 123 Å². The first kappa shape index (κ1) is 13.7. The van der Waals surface area contributed by atoms with Gasteiger partial charge in [-0.05, 0) is 18.8 Å². The summed E-state index contributed by atoms with van der Waals surface area (Å²) < 4.78 is 1.54. The third-order valence-electron chi connectivity index (χ3n) is 3.54. The molecule has 0 amide bonds. The molecule has 2 aromatic heterocycles. The molecule has 1 aliphatic rings. The molecular weight excluding hydrogens is 268 g/mol. The van der Waals surface area contributed by atoms with Gasteiger partial charge in [-0.1, -0.05) is 20.3 Å². The molecule has 3 rings (SSSR count). The molecule has 0 aliphatic heterocycles. The topological polar surface area (TPSA) is 93.4 Å². The Balaban J connectivity index is 1.82. The maximum Gasteiger partial charge on any atom is 0.258 e. The lowest BCUT2D eigenvalue weighted by molar-refractivity contribution is 0.762. The smallest absolute Gasteiger partial charge is 0.258 e. The third kappa shape index (κ3) is 3.26. The summed E-state index contributed by atoms with van der Waals surface area (Å²) >= 11 is 0. The van der Waals surface area contributed by atoms with E-state index in [0.29, 0.717) is 23.9 Å². The zero-order valence-electron chi connectivity index (χ0n) is 12.3. The summed E-state index contributed by atoms with van der Waals surface area (Å²) in [7, 11) is 0. The first-order valence-corrected chi connectivity index (χ1v) is 7.41. The molecule has 1 saturated carbocycles. The van der Waals surface area contributed by atoms with E-state index in [1.54, 1.807) is 6.33 Å². The van der Waals surface area contributed by atoms with Crippen LogP contribution in [-0.4, -0.2) is 42.3 Å².